The predicted octanol–water partition coefficient (Wildman–Crippen LogP) is 4.52. The smallest absolute Gasteiger partial charge is 0.424 e. The maximum atomic E-state index is 12.1. The highest BCUT2D eigenvalue weighted by atomic mass is 32.1. The molecule has 7 heteroatoms. The van der Waals surface area contributed by atoms with Crippen molar-refractivity contribution in [2.24, 2.45) is 5.84 Å². The Balaban J connectivity index is 1.59. The minimum absolute atomic E-state index is 0.0822. The fraction of sp³-hybridized carbons (Fsp3) is 0.450. The standard InChI is InChI=1S/C20H27N3O3S/c1-15(2)18-13-22-19(27-18)17(24)11-7-4-8-12-23(21)20(25)26-14-16-9-5-3-6-10-16/h3,5-6,9-10,13,15H,4,7-8,11-12,14,21H2,1-2H3. The summed E-state index contributed by atoms with van der Waals surface area (Å²) in [6, 6.07) is 9.46. The number of benzene rings is 1. The highest BCUT2D eigenvalue weighted by molar-refractivity contribution is 7.13. The van der Waals surface area contributed by atoms with Gasteiger partial charge in [-0.3, -0.25) is 4.79 Å². The van der Waals surface area contributed by atoms with E-state index in [2.05, 4.69) is 18.8 Å². The van der Waals surface area contributed by atoms with E-state index in [-0.39, 0.29) is 12.4 Å². The molecule has 146 valence electrons. The molecule has 2 N–H and O–H groups in total. The first-order chi connectivity index (χ1) is 13.0. The molecule has 0 aliphatic carbocycles. The van der Waals surface area contributed by atoms with Crippen LogP contribution in [0.15, 0.2) is 36.5 Å². The zero-order chi connectivity index (χ0) is 19.6. The molecule has 0 bridgehead atoms. The Morgan fingerprint density at radius 1 is 1.19 bits per heavy atom. The van der Waals surface area contributed by atoms with Gasteiger partial charge in [-0.1, -0.05) is 50.6 Å². The van der Waals surface area contributed by atoms with E-state index in [1.807, 2.05) is 30.3 Å². The zero-order valence-electron chi connectivity index (χ0n) is 15.9. The van der Waals surface area contributed by atoms with Gasteiger partial charge in [0, 0.05) is 24.0 Å². The first kappa shape index (κ1) is 21.1. The minimum Gasteiger partial charge on any atom is -0.444 e. The van der Waals surface area contributed by atoms with E-state index in [0.717, 1.165) is 34.7 Å². The molecule has 0 atom stereocenters. The van der Waals surface area contributed by atoms with Crippen molar-refractivity contribution in [1.82, 2.24) is 9.99 Å². The average Bonchev–Trinajstić information content (AvgIpc) is 3.17. The summed E-state index contributed by atoms with van der Waals surface area (Å²) in [6.07, 6.45) is 4.00. The van der Waals surface area contributed by atoms with E-state index in [1.54, 1.807) is 6.20 Å². The van der Waals surface area contributed by atoms with Crippen LogP contribution in [0.4, 0.5) is 4.79 Å². The van der Waals surface area contributed by atoms with Crippen molar-refractivity contribution in [3.63, 3.8) is 0 Å². The van der Waals surface area contributed by atoms with Gasteiger partial charge in [-0.25, -0.2) is 20.6 Å². The van der Waals surface area contributed by atoms with Crippen LogP contribution < -0.4 is 5.84 Å². The second-order valence-corrected chi connectivity index (χ2v) is 7.75. The van der Waals surface area contributed by atoms with Crippen molar-refractivity contribution < 1.29 is 14.3 Å². The van der Waals surface area contributed by atoms with Gasteiger partial charge in [-0.05, 0) is 24.3 Å². The second-order valence-electron chi connectivity index (χ2n) is 6.69. The van der Waals surface area contributed by atoms with E-state index < -0.39 is 6.09 Å². The number of carbonyl (C=O) groups is 2. The number of rotatable bonds is 10. The SMILES string of the molecule is CC(C)c1cnc(C(=O)CCCCCN(N)C(=O)OCc2ccccc2)s1. The number of Topliss-reactive ketones (excluding diaryl/α,β-unsaturated/α-hetero) is 1. The lowest BCUT2D eigenvalue weighted by molar-refractivity contribution is 0.0942. The summed E-state index contributed by atoms with van der Waals surface area (Å²) >= 11 is 1.48. The van der Waals surface area contributed by atoms with E-state index in [1.165, 1.54) is 11.3 Å². The lowest BCUT2D eigenvalue weighted by Crippen LogP contribution is -2.38. The molecular formula is C20H27N3O3S. The number of ketones is 1. The fourth-order valence-corrected chi connectivity index (χ4v) is 3.31. The molecule has 0 spiro atoms. The van der Waals surface area contributed by atoms with E-state index >= 15 is 0 Å². The van der Waals surface area contributed by atoms with Crippen LogP contribution >= 0.6 is 11.3 Å². The number of nitrogens with zero attached hydrogens (tertiary/aromatic N) is 2. The lowest BCUT2D eigenvalue weighted by atomic mass is 10.1. The molecule has 2 rings (SSSR count). The van der Waals surface area contributed by atoms with Crippen LogP contribution in [0.3, 0.4) is 0 Å². The molecule has 0 aliphatic heterocycles. The number of hydrogen-bond donors (Lipinski definition) is 1. The summed E-state index contributed by atoms with van der Waals surface area (Å²) < 4.78 is 5.17. The molecule has 0 fully saturated rings. The number of carbonyl (C=O) groups excluding carboxylic acids is 2. The number of nitrogens with two attached hydrogens (primary N) is 1. The van der Waals surface area contributed by atoms with E-state index in [0.29, 0.717) is 23.9 Å². The second kappa shape index (κ2) is 10.8. The molecule has 1 aromatic heterocycles. The number of amides is 1. The van der Waals surface area contributed by atoms with Gasteiger partial charge in [0.15, 0.2) is 10.8 Å². The molecule has 0 saturated heterocycles. The molecule has 1 aromatic carbocycles. The van der Waals surface area contributed by atoms with Crippen molar-refractivity contribution in [1.29, 1.82) is 0 Å². The molecule has 0 saturated carbocycles. The fourth-order valence-electron chi connectivity index (χ4n) is 2.43. The summed E-state index contributed by atoms with van der Waals surface area (Å²) in [5.74, 6) is 6.20. The Morgan fingerprint density at radius 3 is 2.59 bits per heavy atom. The Bertz CT molecular complexity index is 731. The summed E-state index contributed by atoms with van der Waals surface area (Å²) in [4.78, 5) is 29.3. The topological polar surface area (TPSA) is 85.5 Å². The van der Waals surface area contributed by atoms with Gasteiger partial charge in [-0.15, -0.1) is 11.3 Å². The quantitative estimate of drug-likeness (QED) is 0.212. The summed E-state index contributed by atoms with van der Waals surface area (Å²) in [6.45, 7) is 4.78. The largest absolute Gasteiger partial charge is 0.444 e. The average molecular weight is 390 g/mol. The highest BCUT2D eigenvalue weighted by Crippen LogP contribution is 2.23. The van der Waals surface area contributed by atoms with Gasteiger partial charge in [0.25, 0.3) is 0 Å². The monoisotopic (exact) mass is 389 g/mol. The van der Waals surface area contributed by atoms with Crippen LogP contribution in [0.25, 0.3) is 0 Å². The first-order valence-electron chi connectivity index (χ1n) is 9.19. The van der Waals surface area contributed by atoms with Gasteiger partial charge in [0.2, 0.25) is 0 Å². The number of hydrogen-bond acceptors (Lipinski definition) is 6. The van der Waals surface area contributed by atoms with E-state index in [9.17, 15) is 9.59 Å². The Hall–Kier alpha value is -2.25. The van der Waals surface area contributed by atoms with Crippen molar-refractivity contribution >= 4 is 23.2 Å². The third-order valence-electron chi connectivity index (χ3n) is 4.07. The number of thiazole rings is 1. The van der Waals surface area contributed by atoms with Crippen molar-refractivity contribution in [3.8, 4) is 0 Å². The first-order valence-corrected chi connectivity index (χ1v) is 10.0. The van der Waals surface area contributed by atoms with Gasteiger partial charge in [0.1, 0.15) is 6.61 Å². The normalized spacial score (nSPS) is 10.8. The third kappa shape index (κ3) is 7.11. The molecule has 0 aliphatic rings. The predicted molar refractivity (Wildman–Crippen MR) is 107 cm³/mol. The maximum Gasteiger partial charge on any atom is 0.424 e. The van der Waals surface area contributed by atoms with Crippen LogP contribution in [0.1, 0.15) is 65.7 Å². The molecular weight excluding hydrogens is 362 g/mol. The number of ether oxygens (including phenoxy) is 1. The van der Waals surface area contributed by atoms with Crippen molar-refractivity contribution in [3.05, 3.63) is 52.0 Å². The van der Waals surface area contributed by atoms with Crippen LogP contribution in [0.2, 0.25) is 0 Å². The maximum absolute atomic E-state index is 12.1. The Labute approximate surface area is 164 Å². The Morgan fingerprint density at radius 2 is 1.93 bits per heavy atom. The van der Waals surface area contributed by atoms with Gasteiger partial charge < -0.3 is 4.74 Å². The Kier molecular flexibility index (Phi) is 8.42. The highest BCUT2D eigenvalue weighted by Gasteiger charge is 2.13. The molecule has 0 unspecified atom stereocenters. The van der Waals surface area contributed by atoms with Crippen LogP contribution in [-0.2, 0) is 11.3 Å². The van der Waals surface area contributed by atoms with Crippen molar-refractivity contribution in [2.75, 3.05) is 6.54 Å². The lowest BCUT2D eigenvalue weighted by Gasteiger charge is -2.16. The van der Waals surface area contributed by atoms with Crippen LogP contribution in [-0.4, -0.2) is 28.4 Å². The van der Waals surface area contributed by atoms with Gasteiger partial charge >= 0.3 is 6.09 Å². The minimum atomic E-state index is -0.543. The van der Waals surface area contributed by atoms with Gasteiger partial charge in [-0.2, -0.15) is 0 Å². The molecule has 1 heterocycles. The van der Waals surface area contributed by atoms with Gasteiger partial charge in [0.05, 0.1) is 0 Å². The van der Waals surface area contributed by atoms with Crippen molar-refractivity contribution in [2.45, 2.75) is 52.1 Å². The molecule has 27 heavy (non-hydrogen) atoms. The summed E-state index contributed by atoms with van der Waals surface area (Å²) in [7, 11) is 0. The van der Waals surface area contributed by atoms with Crippen LogP contribution in [0.5, 0.6) is 0 Å². The summed E-state index contributed by atoms with van der Waals surface area (Å²) in [5.41, 5.74) is 0.917. The zero-order valence-corrected chi connectivity index (χ0v) is 16.7. The molecule has 0 radical (unpaired) electrons. The molecule has 1 amide bonds. The molecule has 6 nitrogen and oxygen atoms in total. The third-order valence-corrected chi connectivity index (χ3v) is 5.41. The number of hydrazine groups is 1. The van der Waals surface area contributed by atoms with E-state index in [4.69, 9.17) is 10.6 Å². The number of unbranched alkanes of at least 4 members (excludes halogenated alkanes) is 2. The summed E-state index contributed by atoms with van der Waals surface area (Å²) in [5, 5.41) is 1.67. The number of aromatic nitrogens is 1. The van der Waals surface area contributed by atoms with Crippen LogP contribution in [0, 0.1) is 0 Å². The molecule has 2 aromatic rings.